The molecule has 1 aliphatic heterocycles. The monoisotopic (exact) mass is 384 g/mol. The SMILES string of the molecule is CN(CC1CCCN(C(=O)c2cccc(OCC(=O)O)c2)C1)S(C)(=O)=O. The zero-order valence-electron chi connectivity index (χ0n) is 14.9. The van der Waals surface area contributed by atoms with E-state index in [1.807, 2.05) is 0 Å². The first-order valence-electron chi connectivity index (χ1n) is 8.32. The second kappa shape index (κ2) is 8.50. The number of likely N-dealkylation sites (tertiary alicyclic amines) is 1. The van der Waals surface area contributed by atoms with E-state index >= 15 is 0 Å². The van der Waals surface area contributed by atoms with E-state index in [2.05, 4.69) is 0 Å². The predicted molar refractivity (Wildman–Crippen MR) is 95.7 cm³/mol. The molecule has 1 aromatic rings. The number of sulfonamides is 1. The van der Waals surface area contributed by atoms with Gasteiger partial charge in [0.1, 0.15) is 5.75 Å². The first kappa shape index (κ1) is 20.2. The maximum atomic E-state index is 12.7. The molecule has 8 nitrogen and oxygen atoms in total. The van der Waals surface area contributed by atoms with E-state index in [-0.39, 0.29) is 11.8 Å². The van der Waals surface area contributed by atoms with E-state index < -0.39 is 22.6 Å². The third-order valence-electron chi connectivity index (χ3n) is 4.33. The van der Waals surface area contributed by atoms with Crippen molar-refractivity contribution in [1.82, 2.24) is 9.21 Å². The van der Waals surface area contributed by atoms with Crippen molar-refractivity contribution >= 4 is 21.9 Å². The summed E-state index contributed by atoms with van der Waals surface area (Å²) >= 11 is 0. The first-order valence-corrected chi connectivity index (χ1v) is 10.2. The van der Waals surface area contributed by atoms with Crippen LogP contribution in [0.25, 0.3) is 0 Å². The smallest absolute Gasteiger partial charge is 0.341 e. The molecule has 1 saturated heterocycles. The molecule has 1 aliphatic rings. The summed E-state index contributed by atoms with van der Waals surface area (Å²) in [5, 5.41) is 8.67. The largest absolute Gasteiger partial charge is 0.482 e. The molecule has 2 rings (SSSR count). The number of ether oxygens (including phenoxy) is 1. The van der Waals surface area contributed by atoms with Gasteiger partial charge in [-0.25, -0.2) is 17.5 Å². The normalized spacial score (nSPS) is 18.0. The summed E-state index contributed by atoms with van der Waals surface area (Å²) in [4.78, 5) is 25.0. The molecule has 144 valence electrons. The van der Waals surface area contributed by atoms with Gasteiger partial charge in [0.25, 0.3) is 5.91 Å². The average Bonchev–Trinajstić information content (AvgIpc) is 2.59. The van der Waals surface area contributed by atoms with Gasteiger partial charge in [0.05, 0.1) is 6.26 Å². The number of nitrogens with zero attached hydrogens (tertiary/aromatic N) is 2. The Balaban J connectivity index is 2.02. The van der Waals surface area contributed by atoms with E-state index in [0.717, 1.165) is 12.8 Å². The maximum absolute atomic E-state index is 12.7. The van der Waals surface area contributed by atoms with Crippen molar-refractivity contribution < 1.29 is 27.9 Å². The minimum absolute atomic E-state index is 0.0823. The summed E-state index contributed by atoms with van der Waals surface area (Å²) < 4.78 is 29.6. The predicted octanol–water partition coefficient (Wildman–Crippen LogP) is 0.894. The fourth-order valence-electron chi connectivity index (χ4n) is 2.94. The zero-order chi connectivity index (χ0) is 19.3. The Morgan fingerprint density at radius 2 is 2.12 bits per heavy atom. The second-order valence-corrected chi connectivity index (χ2v) is 8.60. The summed E-state index contributed by atoms with van der Waals surface area (Å²) in [7, 11) is -1.70. The number of hydrogen-bond donors (Lipinski definition) is 1. The van der Waals surface area contributed by atoms with Gasteiger partial charge in [-0.1, -0.05) is 6.07 Å². The molecule has 0 radical (unpaired) electrons. The Morgan fingerprint density at radius 1 is 1.38 bits per heavy atom. The standard InChI is InChI=1S/C17H24N2O6S/c1-18(26(2,23)24)10-13-5-4-8-19(11-13)17(22)14-6-3-7-15(9-14)25-12-16(20)21/h3,6-7,9,13H,4-5,8,10-12H2,1-2H3,(H,20,21). The van der Waals surface area contributed by atoms with Crippen LogP contribution in [0.4, 0.5) is 0 Å². The highest BCUT2D eigenvalue weighted by atomic mass is 32.2. The fraction of sp³-hybridized carbons (Fsp3) is 0.529. The van der Waals surface area contributed by atoms with Crippen molar-refractivity contribution in [3.05, 3.63) is 29.8 Å². The van der Waals surface area contributed by atoms with Gasteiger partial charge in [-0.05, 0) is 37.0 Å². The molecule has 0 aliphatic carbocycles. The third-order valence-corrected chi connectivity index (χ3v) is 5.61. The molecule has 0 spiro atoms. The summed E-state index contributed by atoms with van der Waals surface area (Å²) in [6, 6.07) is 6.42. The highest BCUT2D eigenvalue weighted by Gasteiger charge is 2.27. The lowest BCUT2D eigenvalue weighted by atomic mass is 9.97. The van der Waals surface area contributed by atoms with E-state index in [9.17, 15) is 18.0 Å². The maximum Gasteiger partial charge on any atom is 0.341 e. The van der Waals surface area contributed by atoms with Crippen LogP contribution >= 0.6 is 0 Å². The van der Waals surface area contributed by atoms with Crippen molar-refractivity contribution in [1.29, 1.82) is 0 Å². The van der Waals surface area contributed by atoms with Crippen LogP contribution in [0.5, 0.6) is 5.75 Å². The Morgan fingerprint density at radius 3 is 2.77 bits per heavy atom. The molecule has 9 heteroatoms. The quantitative estimate of drug-likeness (QED) is 0.749. The molecule has 1 unspecified atom stereocenters. The summed E-state index contributed by atoms with van der Waals surface area (Å²) in [6.07, 6.45) is 2.84. The van der Waals surface area contributed by atoms with Crippen LogP contribution in [0.3, 0.4) is 0 Å². The van der Waals surface area contributed by atoms with Crippen molar-refractivity contribution in [3.63, 3.8) is 0 Å². The number of benzene rings is 1. The molecule has 1 N–H and O–H groups in total. The molecule has 0 aromatic heterocycles. The third kappa shape index (κ3) is 5.70. The summed E-state index contributed by atoms with van der Waals surface area (Å²) in [6.45, 7) is 1.00. The number of rotatable bonds is 7. The van der Waals surface area contributed by atoms with Gasteiger partial charge in [-0.2, -0.15) is 0 Å². The Labute approximate surface area is 153 Å². The summed E-state index contributed by atoms with van der Waals surface area (Å²) in [5.74, 6) is -0.851. The molecule has 0 bridgehead atoms. The van der Waals surface area contributed by atoms with Gasteiger partial charge in [0.15, 0.2) is 6.61 Å². The molecule has 1 fully saturated rings. The summed E-state index contributed by atoms with van der Waals surface area (Å²) in [5.41, 5.74) is 0.421. The number of carbonyl (C=O) groups is 2. The van der Waals surface area contributed by atoms with Gasteiger partial charge in [-0.15, -0.1) is 0 Å². The number of carbonyl (C=O) groups excluding carboxylic acids is 1. The second-order valence-electron chi connectivity index (χ2n) is 6.51. The van der Waals surface area contributed by atoms with Crippen LogP contribution in [0, 0.1) is 5.92 Å². The van der Waals surface area contributed by atoms with Crippen LogP contribution in [-0.2, 0) is 14.8 Å². The van der Waals surface area contributed by atoms with E-state index in [4.69, 9.17) is 9.84 Å². The van der Waals surface area contributed by atoms with E-state index in [1.54, 1.807) is 30.1 Å². The van der Waals surface area contributed by atoms with E-state index in [0.29, 0.717) is 30.9 Å². The molecule has 1 atom stereocenters. The van der Waals surface area contributed by atoms with Gasteiger partial charge in [0, 0.05) is 32.2 Å². The van der Waals surface area contributed by atoms with E-state index in [1.165, 1.54) is 16.6 Å². The molecule has 1 aromatic carbocycles. The highest BCUT2D eigenvalue weighted by molar-refractivity contribution is 7.88. The van der Waals surface area contributed by atoms with Gasteiger partial charge in [0.2, 0.25) is 10.0 Å². The Bertz CT molecular complexity index is 764. The van der Waals surface area contributed by atoms with Gasteiger partial charge in [-0.3, -0.25) is 4.79 Å². The van der Waals surface area contributed by atoms with Gasteiger partial charge >= 0.3 is 5.97 Å². The van der Waals surface area contributed by atoms with Crippen LogP contribution in [-0.4, -0.2) is 74.2 Å². The number of carboxylic acid groups (broad SMARTS) is 1. The number of hydrogen-bond acceptors (Lipinski definition) is 5. The number of aliphatic carboxylic acids is 1. The highest BCUT2D eigenvalue weighted by Crippen LogP contribution is 2.21. The molecule has 1 amide bonds. The van der Waals surface area contributed by atoms with Crippen molar-refractivity contribution in [2.45, 2.75) is 12.8 Å². The average molecular weight is 384 g/mol. The van der Waals surface area contributed by atoms with Crippen LogP contribution < -0.4 is 4.74 Å². The Hall–Kier alpha value is -2.13. The van der Waals surface area contributed by atoms with Crippen LogP contribution in [0.1, 0.15) is 23.2 Å². The number of amides is 1. The fourth-order valence-corrected chi connectivity index (χ4v) is 3.43. The minimum Gasteiger partial charge on any atom is -0.482 e. The molecule has 26 heavy (non-hydrogen) atoms. The van der Waals surface area contributed by atoms with Crippen LogP contribution in [0.2, 0.25) is 0 Å². The topological polar surface area (TPSA) is 104 Å². The first-order chi connectivity index (χ1) is 12.2. The molecular formula is C17H24N2O6S. The van der Waals surface area contributed by atoms with Crippen molar-refractivity contribution in [3.8, 4) is 5.75 Å². The molecular weight excluding hydrogens is 360 g/mol. The molecule has 1 heterocycles. The lowest BCUT2D eigenvalue weighted by Gasteiger charge is -2.34. The number of carboxylic acids is 1. The Kier molecular flexibility index (Phi) is 6.60. The number of piperidine rings is 1. The lowest BCUT2D eigenvalue weighted by Crippen LogP contribution is -2.44. The van der Waals surface area contributed by atoms with Crippen molar-refractivity contribution in [2.75, 3.05) is 39.5 Å². The lowest BCUT2D eigenvalue weighted by molar-refractivity contribution is -0.139. The zero-order valence-corrected chi connectivity index (χ0v) is 15.7. The van der Waals surface area contributed by atoms with Gasteiger partial charge < -0.3 is 14.7 Å². The minimum atomic E-state index is -3.25. The van der Waals surface area contributed by atoms with Crippen molar-refractivity contribution in [2.24, 2.45) is 5.92 Å². The molecule has 0 saturated carbocycles. The van der Waals surface area contributed by atoms with Crippen LogP contribution in [0.15, 0.2) is 24.3 Å².